The van der Waals surface area contributed by atoms with Crippen LogP contribution >= 0.6 is 39.3 Å². The van der Waals surface area contributed by atoms with Crippen LogP contribution in [0.2, 0.25) is 0 Å². The Hall–Kier alpha value is -0.190. The van der Waals surface area contributed by atoms with Gasteiger partial charge in [-0.2, -0.15) is 11.8 Å². The second-order valence-electron chi connectivity index (χ2n) is 4.61. The maximum atomic E-state index is 6.32. The fourth-order valence-electron chi connectivity index (χ4n) is 2.32. The SMILES string of the molecule is CCC(CSC)n1c(C(C)Cl)nc2ccc(Br)cc21. The molecule has 19 heavy (non-hydrogen) atoms. The molecule has 0 saturated carbocycles. The highest BCUT2D eigenvalue weighted by Gasteiger charge is 2.20. The van der Waals surface area contributed by atoms with Gasteiger partial charge in [-0.3, -0.25) is 0 Å². The quantitative estimate of drug-likeness (QED) is 0.662. The van der Waals surface area contributed by atoms with E-state index in [4.69, 9.17) is 16.6 Å². The molecular weight excluding hydrogens is 344 g/mol. The summed E-state index contributed by atoms with van der Waals surface area (Å²) in [5.74, 6) is 2.04. The number of hydrogen-bond acceptors (Lipinski definition) is 2. The van der Waals surface area contributed by atoms with Crippen LogP contribution in [0.25, 0.3) is 11.0 Å². The second kappa shape index (κ2) is 6.51. The van der Waals surface area contributed by atoms with E-state index in [2.05, 4.69) is 39.7 Å². The highest BCUT2D eigenvalue weighted by atomic mass is 79.9. The molecule has 5 heteroatoms. The number of nitrogens with zero attached hydrogens (tertiary/aromatic N) is 2. The van der Waals surface area contributed by atoms with Gasteiger partial charge < -0.3 is 4.57 Å². The van der Waals surface area contributed by atoms with Gasteiger partial charge in [-0.25, -0.2) is 4.98 Å². The third-order valence-electron chi connectivity index (χ3n) is 3.23. The summed E-state index contributed by atoms with van der Waals surface area (Å²) in [6.07, 6.45) is 3.22. The molecule has 0 spiro atoms. The highest BCUT2D eigenvalue weighted by molar-refractivity contribution is 9.10. The minimum atomic E-state index is -0.0814. The summed E-state index contributed by atoms with van der Waals surface area (Å²) in [5.41, 5.74) is 2.18. The zero-order valence-electron chi connectivity index (χ0n) is 11.4. The lowest BCUT2D eigenvalue weighted by molar-refractivity contribution is 0.530. The molecule has 104 valence electrons. The van der Waals surface area contributed by atoms with Crippen LogP contribution in [0.15, 0.2) is 22.7 Å². The van der Waals surface area contributed by atoms with E-state index < -0.39 is 0 Å². The van der Waals surface area contributed by atoms with Crippen LogP contribution in [0.1, 0.15) is 37.5 Å². The Bertz CT molecular complexity index is 568. The van der Waals surface area contributed by atoms with Crippen molar-refractivity contribution in [3.05, 3.63) is 28.5 Å². The van der Waals surface area contributed by atoms with Crippen molar-refractivity contribution in [2.75, 3.05) is 12.0 Å². The number of halogens is 2. The minimum absolute atomic E-state index is 0.0814. The molecule has 2 rings (SSSR count). The van der Waals surface area contributed by atoms with Crippen molar-refractivity contribution in [1.82, 2.24) is 9.55 Å². The summed E-state index contributed by atoms with van der Waals surface area (Å²) in [4.78, 5) is 4.71. The van der Waals surface area contributed by atoms with Gasteiger partial charge in [0.2, 0.25) is 0 Å². The zero-order chi connectivity index (χ0) is 14.0. The van der Waals surface area contributed by atoms with Crippen molar-refractivity contribution < 1.29 is 0 Å². The molecule has 1 aromatic heterocycles. The van der Waals surface area contributed by atoms with E-state index in [1.54, 1.807) is 0 Å². The molecule has 0 saturated heterocycles. The molecule has 0 aliphatic rings. The monoisotopic (exact) mass is 360 g/mol. The molecule has 0 aliphatic heterocycles. The van der Waals surface area contributed by atoms with Crippen LogP contribution in [0.3, 0.4) is 0 Å². The van der Waals surface area contributed by atoms with Gasteiger partial charge in [0, 0.05) is 16.3 Å². The summed E-state index contributed by atoms with van der Waals surface area (Å²) >= 11 is 11.7. The summed E-state index contributed by atoms with van der Waals surface area (Å²) in [7, 11) is 0. The molecule has 2 nitrogen and oxygen atoms in total. The maximum Gasteiger partial charge on any atom is 0.127 e. The third kappa shape index (κ3) is 3.11. The fourth-order valence-corrected chi connectivity index (χ4v) is 3.59. The number of benzene rings is 1. The fraction of sp³-hybridized carbons (Fsp3) is 0.500. The van der Waals surface area contributed by atoms with Gasteiger partial charge >= 0.3 is 0 Å². The topological polar surface area (TPSA) is 17.8 Å². The lowest BCUT2D eigenvalue weighted by Crippen LogP contribution is -2.14. The number of thioether (sulfide) groups is 1. The Morgan fingerprint density at radius 2 is 2.21 bits per heavy atom. The van der Waals surface area contributed by atoms with E-state index in [1.807, 2.05) is 30.8 Å². The Morgan fingerprint density at radius 3 is 2.79 bits per heavy atom. The molecule has 1 aromatic carbocycles. The Kier molecular flexibility index (Phi) is 5.21. The van der Waals surface area contributed by atoms with Gasteiger partial charge in [-0.1, -0.05) is 22.9 Å². The molecule has 0 fully saturated rings. The summed E-state index contributed by atoms with van der Waals surface area (Å²) in [6.45, 7) is 4.20. The summed E-state index contributed by atoms with van der Waals surface area (Å²) in [5, 5.41) is -0.0814. The molecule has 0 bridgehead atoms. The first-order valence-corrected chi connectivity index (χ1v) is 9.01. The first-order valence-electron chi connectivity index (χ1n) is 6.38. The Balaban J connectivity index is 2.65. The number of imidazole rings is 1. The van der Waals surface area contributed by atoms with E-state index in [0.29, 0.717) is 6.04 Å². The van der Waals surface area contributed by atoms with Crippen molar-refractivity contribution >= 4 is 50.3 Å². The molecule has 0 radical (unpaired) electrons. The molecule has 0 amide bonds. The molecule has 0 N–H and O–H groups in total. The van der Waals surface area contributed by atoms with Crippen LogP contribution in [0.5, 0.6) is 0 Å². The van der Waals surface area contributed by atoms with Gasteiger partial charge in [0.1, 0.15) is 5.82 Å². The van der Waals surface area contributed by atoms with Crippen molar-refractivity contribution in [2.24, 2.45) is 0 Å². The van der Waals surface area contributed by atoms with Crippen molar-refractivity contribution in [3.63, 3.8) is 0 Å². The minimum Gasteiger partial charge on any atom is -0.323 e. The molecule has 0 aliphatic carbocycles. The number of hydrogen-bond donors (Lipinski definition) is 0. The summed E-state index contributed by atoms with van der Waals surface area (Å²) < 4.78 is 3.39. The predicted octanol–water partition coefficient (Wildman–Crippen LogP) is 5.41. The molecule has 2 unspecified atom stereocenters. The summed E-state index contributed by atoms with van der Waals surface area (Å²) in [6, 6.07) is 6.64. The van der Waals surface area contributed by atoms with E-state index in [0.717, 1.165) is 33.5 Å². The standard InChI is InChI=1S/C14H18BrClN2S/c1-4-11(8-19-3)18-13-7-10(15)5-6-12(13)17-14(18)9(2)16/h5-7,9,11H,4,8H2,1-3H3. The first kappa shape index (κ1) is 15.2. The number of alkyl halides is 1. The van der Waals surface area contributed by atoms with Crippen molar-refractivity contribution in [2.45, 2.75) is 31.7 Å². The van der Waals surface area contributed by atoms with Gasteiger partial charge in [0.25, 0.3) is 0 Å². The third-order valence-corrected chi connectivity index (χ3v) is 4.64. The largest absolute Gasteiger partial charge is 0.323 e. The normalized spacial score (nSPS) is 14.8. The average molecular weight is 362 g/mol. The maximum absolute atomic E-state index is 6.32. The van der Waals surface area contributed by atoms with E-state index in [1.165, 1.54) is 0 Å². The van der Waals surface area contributed by atoms with E-state index in [-0.39, 0.29) is 5.38 Å². The number of rotatable bonds is 5. The number of fused-ring (bicyclic) bond motifs is 1. The molecule has 2 atom stereocenters. The molecule has 1 heterocycles. The highest BCUT2D eigenvalue weighted by Crippen LogP contribution is 2.31. The zero-order valence-corrected chi connectivity index (χ0v) is 14.5. The Morgan fingerprint density at radius 1 is 1.47 bits per heavy atom. The van der Waals surface area contributed by atoms with Crippen molar-refractivity contribution in [3.8, 4) is 0 Å². The van der Waals surface area contributed by atoms with Gasteiger partial charge in [0.05, 0.1) is 16.4 Å². The van der Waals surface area contributed by atoms with Crippen LogP contribution in [0.4, 0.5) is 0 Å². The molecular formula is C14H18BrClN2S. The first-order chi connectivity index (χ1) is 9.08. The van der Waals surface area contributed by atoms with Gasteiger partial charge in [-0.15, -0.1) is 11.6 Å². The van der Waals surface area contributed by atoms with Crippen LogP contribution < -0.4 is 0 Å². The van der Waals surface area contributed by atoms with Crippen LogP contribution in [0, 0.1) is 0 Å². The van der Waals surface area contributed by atoms with E-state index >= 15 is 0 Å². The number of aromatic nitrogens is 2. The van der Waals surface area contributed by atoms with Crippen LogP contribution in [-0.2, 0) is 0 Å². The smallest absolute Gasteiger partial charge is 0.127 e. The van der Waals surface area contributed by atoms with Gasteiger partial charge in [-0.05, 0) is 37.8 Å². The lowest BCUT2D eigenvalue weighted by atomic mass is 10.2. The van der Waals surface area contributed by atoms with E-state index in [9.17, 15) is 0 Å². The lowest BCUT2D eigenvalue weighted by Gasteiger charge is -2.20. The molecule has 2 aromatic rings. The second-order valence-corrected chi connectivity index (χ2v) is 7.09. The average Bonchev–Trinajstić information content (AvgIpc) is 2.74. The van der Waals surface area contributed by atoms with Crippen molar-refractivity contribution in [1.29, 1.82) is 0 Å². The van der Waals surface area contributed by atoms with Crippen LogP contribution in [-0.4, -0.2) is 21.6 Å². The van der Waals surface area contributed by atoms with Gasteiger partial charge in [0.15, 0.2) is 0 Å². The predicted molar refractivity (Wildman–Crippen MR) is 89.4 cm³/mol. The Labute approximate surface area is 132 Å².